The van der Waals surface area contributed by atoms with Gasteiger partial charge in [-0.1, -0.05) is 19.4 Å². The Morgan fingerprint density at radius 3 is 2.86 bits per heavy atom. The summed E-state index contributed by atoms with van der Waals surface area (Å²) < 4.78 is 0. The van der Waals surface area contributed by atoms with Crippen molar-refractivity contribution in [2.45, 2.75) is 71.3 Å². The van der Waals surface area contributed by atoms with Gasteiger partial charge in [0.1, 0.15) is 0 Å². The molecule has 0 aromatic heterocycles. The van der Waals surface area contributed by atoms with Crippen molar-refractivity contribution >= 4 is 5.78 Å². The van der Waals surface area contributed by atoms with E-state index in [1.165, 1.54) is 18.4 Å². The van der Waals surface area contributed by atoms with Gasteiger partial charge in [0, 0.05) is 6.42 Å². The largest absolute Gasteiger partial charge is 0.393 e. The molecule has 0 spiro atoms. The van der Waals surface area contributed by atoms with Crippen LogP contribution in [0.5, 0.6) is 0 Å². The summed E-state index contributed by atoms with van der Waals surface area (Å²) in [5.74, 6) is 2.13. The summed E-state index contributed by atoms with van der Waals surface area (Å²) in [6, 6.07) is 0. The van der Waals surface area contributed by atoms with Crippen LogP contribution in [-0.2, 0) is 4.79 Å². The van der Waals surface area contributed by atoms with Gasteiger partial charge in [-0.3, -0.25) is 4.79 Å². The highest BCUT2D eigenvalue weighted by Crippen LogP contribution is 2.60. The van der Waals surface area contributed by atoms with E-state index in [-0.39, 0.29) is 11.5 Å². The Balaban J connectivity index is 1.78. The first kappa shape index (κ1) is 14.7. The number of allylic oxidation sites excluding steroid dienone is 4. The van der Waals surface area contributed by atoms with Gasteiger partial charge in [-0.05, 0) is 85.3 Å². The molecule has 0 radical (unpaired) electrons. The normalized spacial score (nSPS) is 44.3. The average molecular weight is 300 g/mol. The van der Waals surface area contributed by atoms with E-state index >= 15 is 0 Å². The first-order valence-corrected chi connectivity index (χ1v) is 9.19. The van der Waals surface area contributed by atoms with E-state index in [0.717, 1.165) is 38.5 Å². The summed E-state index contributed by atoms with van der Waals surface area (Å²) in [4.78, 5) is 12.0. The van der Waals surface area contributed by atoms with Gasteiger partial charge in [0.15, 0.2) is 5.78 Å². The Morgan fingerprint density at radius 1 is 1.27 bits per heavy atom. The van der Waals surface area contributed by atoms with Crippen LogP contribution in [0.25, 0.3) is 0 Å². The Hall–Kier alpha value is -0.890. The molecule has 2 nitrogen and oxygen atoms in total. The molecule has 0 heterocycles. The minimum atomic E-state index is -0.101. The fourth-order valence-electron chi connectivity index (χ4n) is 6.07. The summed E-state index contributed by atoms with van der Waals surface area (Å²) in [5.41, 5.74) is 4.74. The van der Waals surface area contributed by atoms with Crippen LogP contribution in [0, 0.1) is 23.2 Å². The zero-order valence-corrected chi connectivity index (χ0v) is 13.9. The molecule has 4 aliphatic rings. The van der Waals surface area contributed by atoms with Crippen LogP contribution in [0.3, 0.4) is 0 Å². The molecule has 1 N–H and O–H groups in total. The Morgan fingerprint density at radius 2 is 2.09 bits per heavy atom. The van der Waals surface area contributed by atoms with Gasteiger partial charge in [-0.2, -0.15) is 0 Å². The summed E-state index contributed by atoms with van der Waals surface area (Å²) >= 11 is 0. The van der Waals surface area contributed by atoms with Crippen LogP contribution in [0.2, 0.25) is 0 Å². The highest BCUT2D eigenvalue weighted by atomic mass is 16.3. The average Bonchev–Trinajstić information content (AvgIpc) is 2.81. The maximum Gasteiger partial charge on any atom is 0.156 e. The van der Waals surface area contributed by atoms with E-state index in [4.69, 9.17) is 0 Å². The molecule has 0 saturated heterocycles. The highest BCUT2D eigenvalue weighted by Gasteiger charge is 2.53. The number of fused-ring (bicyclic) bond motifs is 4. The van der Waals surface area contributed by atoms with Crippen molar-refractivity contribution in [1.82, 2.24) is 0 Å². The van der Waals surface area contributed by atoms with Gasteiger partial charge in [-0.25, -0.2) is 0 Å². The molecule has 2 fully saturated rings. The van der Waals surface area contributed by atoms with Crippen molar-refractivity contribution in [2.24, 2.45) is 23.2 Å². The smallest absolute Gasteiger partial charge is 0.156 e. The summed E-state index contributed by atoms with van der Waals surface area (Å²) in [7, 11) is 0. The summed E-state index contributed by atoms with van der Waals surface area (Å²) in [5, 5.41) is 10.5. The molecule has 2 heteroatoms. The number of hydrogen-bond donors (Lipinski definition) is 1. The van der Waals surface area contributed by atoms with Crippen LogP contribution >= 0.6 is 0 Å². The topological polar surface area (TPSA) is 37.3 Å². The molecule has 0 unspecified atom stereocenters. The first-order chi connectivity index (χ1) is 10.5. The number of aliphatic hydroxyl groups is 1. The van der Waals surface area contributed by atoms with Crippen LogP contribution in [0.15, 0.2) is 22.8 Å². The summed E-state index contributed by atoms with van der Waals surface area (Å²) in [6.45, 7) is 4.55. The minimum Gasteiger partial charge on any atom is -0.393 e. The van der Waals surface area contributed by atoms with Gasteiger partial charge in [0.2, 0.25) is 0 Å². The van der Waals surface area contributed by atoms with E-state index in [1.807, 2.05) is 6.08 Å². The summed E-state index contributed by atoms with van der Waals surface area (Å²) in [6.07, 6.45) is 10.4. The lowest BCUT2D eigenvalue weighted by Crippen LogP contribution is -2.42. The molecule has 5 atom stereocenters. The monoisotopic (exact) mass is 300 g/mol. The highest BCUT2D eigenvalue weighted by molar-refractivity contribution is 5.93. The quantitative estimate of drug-likeness (QED) is 0.788. The third-order valence-corrected chi connectivity index (χ3v) is 7.33. The van der Waals surface area contributed by atoms with Crippen LogP contribution in [-0.4, -0.2) is 17.0 Å². The predicted octanol–water partition coefficient (Wildman–Crippen LogP) is 4.19. The van der Waals surface area contributed by atoms with Gasteiger partial charge in [0.25, 0.3) is 0 Å². The molecule has 120 valence electrons. The molecular weight excluding hydrogens is 272 g/mol. The SMILES string of the molecule is CC[C@@H]1CC(=O)C=C2CC[C@@H]3C(=C21)CC[C@]1(C)[C@@H](O)CC[C@@H]31. The Kier molecular flexibility index (Phi) is 3.38. The van der Waals surface area contributed by atoms with Crippen molar-refractivity contribution in [1.29, 1.82) is 0 Å². The number of ketones is 1. The molecule has 0 amide bonds. The first-order valence-electron chi connectivity index (χ1n) is 9.19. The molecular formula is C20H28O2. The number of rotatable bonds is 1. The van der Waals surface area contributed by atoms with Crippen molar-refractivity contribution in [3.8, 4) is 0 Å². The Bertz CT molecular complexity index is 570. The lowest BCUT2D eigenvalue weighted by Gasteiger charge is -2.49. The molecule has 0 aliphatic heterocycles. The van der Waals surface area contributed by atoms with Crippen molar-refractivity contribution in [3.05, 3.63) is 22.8 Å². The zero-order chi connectivity index (χ0) is 15.5. The third-order valence-electron chi connectivity index (χ3n) is 7.33. The van der Waals surface area contributed by atoms with E-state index in [2.05, 4.69) is 13.8 Å². The van der Waals surface area contributed by atoms with E-state index in [0.29, 0.717) is 23.5 Å². The van der Waals surface area contributed by atoms with Crippen LogP contribution in [0.1, 0.15) is 65.2 Å². The van der Waals surface area contributed by atoms with Gasteiger partial charge < -0.3 is 5.11 Å². The van der Waals surface area contributed by atoms with Crippen LogP contribution in [0.4, 0.5) is 0 Å². The molecule has 4 rings (SSSR count). The molecule has 22 heavy (non-hydrogen) atoms. The van der Waals surface area contributed by atoms with E-state index < -0.39 is 0 Å². The lowest BCUT2D eigenvalue weighted by molar-refractivity contribution is -0.115. The Labute approximate surface area is 133 Å². The maximum absolute atomic E-state index is 12.0. The van der Waals surface area contributed by atoms with E-state index in [1.54, 1.807) is 11.1 Å². The van der Waals surface area contributed by atoms with Gasteiger partial charge in [-0.15, -0.1) is 0 Å². The number of carbonyl (C=O) groups excluding carboxylic acids is 1. The van der Waals surface area contributed by atoms with E-state index in [9.17, 15) is 9.90 Å². The zero-order valence-electron chi connectivity index (χ0n) is 13.9. The number of carbonyl (C=O) groups is 1. The number of hydrogen-bond acceptors (Lipinski definition) is 2. The lowest BCUT2D eigenvalue weighted by atomic mass is 9.56. The van der Waals surface area contributed by atoms with Gasteiger partial charge in [0.05, 0.1) is 6.10 Å². The third kappa shape index (κ3) is 1.92. The van der Waals surface area contributed by atoms with Crippen LogP contribution < -0.4 is 0 Å². The molecule has 0 aromatic carbocycles. The van der Waals surface area contributed by atoms with Crippen molar-refractivity contribution in [3.63, 3.8) is 0 Å². The fourth-order valence-corrected chi connectivity index (χ4v) is 6.07. The van der Waals surface area contributed by atoms with Crippen molar-refractivity contribution in [2.75, 3.05) is 0 Å². The second-order valence-corrected chi connectivity index (χ2v) is 8.23. The fraction of sp³-hybridized carbons (Fsp3) is 0.750. The second-order valence-electron chi connectivity index (χ2n) is 8.23. The molecule has 4 aliphatic carbocycles. The number of aliphatic hydroxyl groups excluding tert-OH is 1. The molecule has 0 aromatic rings. The minimum absolute atomic E-state index is 0.101. The standard InChI is InChI=1S/C20H28O2/c1-3-12-10-14(21)11-13-4-5-15-16(19(12)13)8-9-20(2)17(15)6-7-18(20)22/h11-12,15,17-18,22H,3-10H2,1-2H3/t12-,15-,17+,18+,20+/m1/s1. The molecule has 0 bridgehead atoms. The van der Waals surface area contributed by atoms with Crippen molar-refractivity contribution < 1.29 is 9.90 Å². The van der Waals surface area contributed by atoms with Gasteiger partial charge >= 0.3 is 0 Å². The molecule has 2 saturated carbocycles. The maximum atomic E-state index is 12.0. The second kappa shape index (κ2) is 5.06. The predicted molar refractivity (Wildman–Crippen MR) is 87.3 cm³/mol.